The van der Waals surface area contributed by atoms with Gasteiger partial charge in [0.05, 0.1) is 51.5 Å². The molecule has 1 atom stereocenters. The molecule has 0 bridgehead atoms. The third kappa shape index (κ3) is 6.11. The molecule has 1 aliphatic heterocycles. The van der Waals surface area contributed by atoms with E-state index in [1.165, 1.54) is 16.8 Å². The zero-order chi connectivity index (χ0) is 33.7. The van der Waals surface area contributed by atoms with Gasteiger partial charge < -0.3 is 10.5 Å². The van der Waals surface area contributed by atoms with Crippen molar-refractivity contribution in [3.8, 4) is 23.4 Å². The maximum absolute atomic E-state index is 14.2. The molecular formula is C35H30BrF3N6O2. The number of allylic oxidation sites excluding steroid dienone is 3. The van der Waals surface area contributed by atoms with E-state index < -0.39 is 23.1 Å². The van der Waals surface area contributed by atoms with Crippen LogP contribution in [0.5, 0.6) is 11.6 Å². The number of ketones is 1. The van der Waals surface area contributed by atoms with Crippen molar-refractivity contribution >= 4 is 27.4 Å². The lowest BCUT2D eigenvalue weighted by Gasteiger charge is -2.43. The van der Waals surface area contributed by atoms with Gasteiger partial charge in [-0.25, -0.2) is 9.69 Å². The number of halogens is 4. The van der Waals surface area contributed by atoms with Gasteiger partial charge in [-0.05, 0) is 73.4 Å². The lowest BCUT2D eigenvalue weighted by molar-refractivity contribution is -0.137. The Balaban J connectivity index is 1.58. The minimum Gasteiger partial charge on any atom is -0.439 e. The van der Waals surface area contributed by atoms with Crippen molar-refractivity contribution in [3.05, 3.63) is 123 Å². The number of nitrogens with two attached hydrogens (primary N) is 1. The Kier molecular flexibility index (Phi) is 8.13. The van der Waals surface area contributed by atoms with Crippen LogP contribution in [-0.4, -0.2) is 20.6 Å². The normalized spacial score (nSPS) is 17.8. The van der Waals surface area contributed by atoms with E-state index in [4.69, 9.17) is 15.6 Å². The fourth-order valence-electron chi connectivity index (χ4n) is 6.12. The lowest BCUT2D eigenvalue weighted by atomic mass is 9.69. The highest BCUT2D eigenvalue weighted by Crippen LogP contribution is 2.52. The van der Waals surface area contributed by atoms with E-state index >= 15 is 0 Å². The second-order valence-corrected chi connectivity index (χ2v) is 13.2. The van der Waals surface area contributed by atoms with Gasteiger partial charge in [0.2, 0.25) is 5.88 Å². The Hall–Kier alpha value is -5.02. The molecular weight excluding hydrogens is 673 g/mol. The van der Waals surface area contributed by atoms with Crippen LogP contribution in [0.15, 0.2) is 106 Å². The molecule has 3 N–H and O–H groups in total. The Morgan fingerprint density at radius 2 is 1.77 bits per heavy atom. The Morgan fingerprint density at radius 1 is 1.06 bits per heavy atom. The number of hydrazine groups is 1. The van der Waals surface area contributed by atoms with Crippen molar-refractivity contribution in [3.63, 3.8) is 0 Å². The molecule has 0 amide bonds. The number of para-hydroxylation sites is 1. The fourth-order valence-corrected chi connectivity index (χ4v) is 6.38. The summed E-state index contributed by atoms with van der Waals surface area (Å²) in [6.45, 7) is 5.69. The molecule has 0 saturated carbocycles. The number of nitrogens with zero attached hydrogens (tertiary/aromatic N) is 4. The Morgan fingerprint density at radius 3 is 2.43 bits per heavy atom. The molecule has 8 nitrogen and oxygen atoms in total. The first-order chi connectivity index (χ1) is 22.3. The highest BCUT2D eigenvalue weighted by Gasteiger charge is 2.47. The number of nitriles is 1. The highest BCUT2D eigenvalue weighted by atomic mass is 79.9. The first kappa shape index (κ1) is 31.9. The topological polar surface area (TPSA) is 109 Å². The molecule has 1 aromatic heterocycles. The van der Waals surface area contributed by atoms with Gasteiger partial charge in [0.25, 0.3) is 0 Å². The van der Waals surface area contributed by atoms with Gasteiger partial charge in [-0.3, -0.25) is 10.2 Å². The van der Waals surface area contributed by atoms with Gasteiger partial charge in [0, 0.05) is 16.5 Å². The smallest absolute Gasteiger partial charge is 0.416 e. The van der Waals surface area contributed by atoms with E-state index in [2.05, 4.69) is 27.4 Å². The fraction of sp³-hybridized carbons (Fsp3) is 0.229. The Bertz CT molecular complexity index is 1970. The standard InChI is InChI=1S/C35H30BrF3N6O2/c1-20-29(33(44(42-20)24-9-5-4-6-10-24)47-25-11-7-8-21(16-25)35(37,38)39)30-26(19-40)32(41)45(43-23-14-12-22(36)13-15-23)27-17-34(2,3)18-28(46)31(27)30/h4-16,30,43H,17-18,41H2,1-3H3. The van der Waals surface area contributed by atoms with E-state index in [0.717, 1.165) is 16.6 Å². The first-order valence-corrected chi connectivity index (χ1v) is 15.5. The highest BCUT2D eigenvalue weighted by molar-refractivity contribution is 9.10. The Labute approximate surface area is 278 Å². The van der Waals surface area contributed by atoms with Gasteiger partial charge in [0.15, 0.2) is 5.78 Å². The molecule has 0 spiro atoms. The maximum atomic E-state index is 14.2. The third-order valence-corrected chi connectivity index (χ3v) is 8.72. The van der Waals surface area contributed by atoms with E-state index in [1.807, 2.05) is 44.2 Å². The lowest BCUT2D eigenvalue weighted by Crippen LogP contribution is -2.44. The molecule has 0 fully saturated rings. The summed E-state index contributed by atoms with van der Waals surface area (Å²) in [6, 6.07) is 23.1. The number of alkyl halides is 3. The predicted molar refractivity (Wildman–Crippen MR) is 174 cm³/mol. The van der Waals surface area contributed by atoms with E-state index in [0.29, 0.717) is 40.3 Å². The average molecular weight is 704 g/mol. The molecule has 2 aliphatic rings. The summed E-state index contributed by atoms with van der Waals surface area (Å²) in [6.07, 6.45) is -3.94. The maximum Gasteiger partial charge on any atom is 0.416 e. The number of Topliss-reactive ketones (excluding diaryl/α,β-unsaturated/α-hetero) is 1. The number of nitrogens with one attached hydrogen (secondary N) is 1. The van der Waals surface area contributed by atoms with Crippen LogP contribution in [0.2, 0.25) is 0 Å². The number of hydrogen-bond donors (Lipinski definition) is 2. The number of ether oxygens (including phenoxy) is 1. The molecule has 0 saturated heterocycles. The zero-order valence-electron chi connectivity index (χ0n) is 25.7. The van der Waals surface area contributed by atoms with Gasteiger partial charge >= 0.3 is 6.18 Å². The number of anilines is 1. The number of aromatic nitrogens is 2. The number of carbonyl (C=O) groups is 1. The van der Waals surface area contributed by atoms with Crippen LogP contribution in [-0.2, 0) is 11.0 Å². The molecule has 3 aromatic carbocycles. The van der Waals surface area contributed by atoms with Gasteiger partial charge in [0.1, 0.15) is 11.6 Å². The van der Waals surface area contributed by atoms with Crippen molar-refractivity contribution in [2.24, 2.45) is 11.1 Å². The summed E-state index contributed by atoms with van der Waals surface area (Å²) in [4.78, 5) is 14.2. The summed E-state index contributed by atoms with van der Waals surface area (Å²) in [5.74, 6) is -1.12. The third-order valence-electron chi connectivity index (χ3n) is 8.19. The van der Waals surface area contributed by atoms with Crippen LogP contribution in [0.3, 0.4) is 0 Å². The van der Waals surface area contributed by atoms with E-state index in [9.17, 15) is 23.2 Å². The molecule has 12 heteroatoms. The summed E-state index contributed by atoms with van der Waals surface area (Å²) in [7, 11) is 0. The van der Waals surface area contributed by atoms with Crippen molar-refractivity contribution < 1.29 is 22.7 Å². The molecule has 1 unspecified atom stereocenters. The summed E-state index contributed by atoms with van der Waals surface area (Å²) in [5, 5.41) is 17.0. The van der Waals surface area contributed by atoms with Crippen molar-refractivity contribution in [1.29, 1.82) is 5.26 Å². The summed E-state index contributed by atoms with van der Waals surface area (Å²) < 4.78 is 49.7. The molecule has 2 heterocycles. The van der Waals surface area contributed by atoms with Crippen LogP contribution in [0.25, 0.3) is 5.69 Å². The number of hydrogen-bond acceptors (Lipinski definition) is 7. The minimum atomic E-state index is -4.60. The van der Waals surface area contributed by atoms with Crippen molar-refractivity contribution in [2.75, 3.05) is 5.43 Å². The SMILES string of the molecule is Cc1nn(-c2ccccc2)c(Oc2cccc(C(F)(F)F)c2)c1C1C(C#N)=C(N)N(Nc2ccc(Br)cc2)C2=C1C(=O)CC(C)(C)C2. The molecule has 4 aromatic rings. The molecule has 1 aliphatic carbocycles. The monoisotopic (exact) mass is 702 g/mol. The van der Waals surface area contributed by atoms with Crippen LogP contribution in [0.1, 0.15) is 49.4 Å². The number of rotatable bonds is 6. The predicted octanol–water partition coefficient (Wildman–Crippen LogP) is 8.52. The van der Waals surface area contributed by atoms with Gasteiger partial charge in [-0.15, -0.1) is 0 Å². The van der Waals surface area contributed by atoms with Crippen LogP contribution < -0.4 is 15.9 Å². The largest absolute Gasteiger partial charge is 0.439 e. The molecule has 6 rings (SSSR count). The number of aryl methyl sites for hydroxylation is 1. The van der Waals surface area contributed by atoms with Crippen LogP contribution in [0, 0.1) is 23.7 Å². The zero-order valence-corrected chi connectivity index (χ0v) is 27.3. The molecule has 240 valence electrons. The van der Waals surface area contributed by atoms with E-state index in [1.54, 1.807) is 36.2 Å². The average Bonchev–Trinajstić information content (AvgIpc) is 3.33. The number of benzene rings is 3. The van der Waals surface area contributed by atoms with Crippen LogP contribution >= 0.6 is 15.9 Å². The second kappa shape index (κ2) is 12.0. The summed E-state index contributed by atoms with van der Waals surface area (Å²) >= 11 is 3.44. The quantitative estimate of drug-likeness (QED) is 0.207. The van der Waals surface area contributed by atoms with Crippen molar-refractivity contribution in [1.82, 2.24) is 14.8 Å². The van der Waals surface area contributed by atoms with Crippen LogP contribution in [0.4, 0.5) is 18.9 Å². The van der Waals surface area contributed by atoms with Crippen molar-refractivity contribution in [2.45, 2.75) is 45.7 Å². The minimum absolute atomic E-state index is 0.0670. The molecule has 0 radical (unpaired) electrons. The summed E-state index contributed by atoms with van der Waals surface area (Å²) in [5.41, 5.74) is 11.8. The van der Waals surface area contributed by atoms with Gasteiger partial charge in [-0.1, -0.05) is 54.0 Å². The molecule has 47 heavy (non-hydrogen) atoms. The number of carbonyl (C=O) groups excluding carboxylic acids is 1. The first-order valence-electron chi connectivity index (χ1n) is 14.8. The van der Waals surface area contributed by atoms with E-state index in [-0.39, 0.29) is 35.2 Å². The second-order valence-electron chi connectivity index (χ2n) is 12.3. The van der Waals surface area contributed by atoms with Gasteiger partial charge in [-0.2, -0.15) is 23.5 Å².